The Hall–Kier alpha value is -3.75. The van der Waals surface area contributed by atoms with Crippen LogP contribution in [0.25, 0.3) is 5.52 Å². The molecule has 0 radical (unpaired) electrons. The van der Waals surface area contributed by atoms with Crippen molar-refractivity contribution in [1.82, 2.24) is 19.5 Å². The van der Waals surface area contributed by atoms with Gasteiger partial charge in [0.2, 0.25) is 0 Å². The molecule has 4 aromatic rings. The van der Waals surface area contributed by atoms with Gasteiger partial charge in [-0.2, -0.15) is 5.10 Å². The van der Waals surface area contributed by atoms with Crippen molar-refractivity contribution in [2.75, 3.05) is 32.6 Å². The fourth-order valence-electron chi connectivity index (χ4n) is 4.80. The van der Waals surface area contributed by atoms with E-state index < -0.39 is 6.04 Å². The van der Waals surface area contributed by atoms with E-state index in [0.717, 1.165) is 28.7 Å². The third-order valence-corrected chi connectivity index (χ3v) is 6.79. The quantitative estimate of drug-likeness (QED) is 0.326. The van der Waals surface area contributed by atoms with Gasteiger partial charge in [0.05, 0.1) is 30.1 Å². The minimum atomic E-state index is -0.570. The summed E-state index contributed by atoms with van der Waals surface area (Å²) in [6.07, 6.45) is 7.11. The molecule has 0 aliphatic carbocycles. The first kappa shape index (κ1) is 27.3. The van der Waals surface area contributed by atoms with Gasteiger partial charge in [0, 0.05) is 30.3 Å². The van der Waals surface area contributed by atoms with Gasteiger partial charge in [-0.3, -0.25) is 9.88 Å². The van der Waals surface area contributed by atoms with Crippen molar-refractivity contribution in [2.45, 2.75) is 44.7 Å². The van der Waals surface area contributed by atoms with Crippen molar-refractivity contribution in [3.05, 3.63) is 89.5 Å². The van der Waals surface area contributed by atoms with Crippen LogP contribution in [0.2, 0.25) is 0 Å². The molecule has 1 saturated heterocycles. The maximum Gasteiger partial charge on any atom is 0.148 e. The zero-order valence-corrected chi connectivity index (χ0v) is 22.4. The standard InChI is InChI=1S/C18H19N3O3.C12H18N2/c1-24-16-9-13(5-7-22)8-14(10-16)19-18(12-23)17-11-15-4-2-3-6-21(15)20-17;1-10-6-5-7-11(13-10)12-8-3-4-9-14(12)2/h2-4,6,8-12,18-19,22H,5,7H2,1H3;5-7,12H,3-4,8-9H2,1-2H3. The summed E-state index contributed by atoms with van der Waals surface area (Å²) in [4.78, 5) is 18.6. The molecule has 3 aromatic heterocycles. The van der Waals surface area contributed by atoms with Crippen LogP contribution in [0.1, 0.15) is 54.0 Å². The number of benzene rings is 1. The fourth-order valence-corrected chi connectivity index (χ4v) is 4.80. The van der Waals surface area contributed by atoms with Gasteiger partial charge in [-0.1, -0.05) is 18.6 Å². The summed E-state index contributed by atoms with van der Waals surface area (Å²) in [5, 5.41) is 16.7. The van der Waals surface area contributed by atoms with Gasteiger partial charge in [-0.15, -0.1) is 0 Å². The highest BCUT2D eigenvalue weighted by molar-refractivity contribution is 5.69. The Bertz CT molecular complexity index is 1310. The summed E-state index contributed by atoms with van der Waals surface area (Å²) in [6, 6.07) is 19.5. The van der Waals surface area contributed by atoms with Crippen LogP contribution >= 0.6 is 0 Å². The van der Waals surface area contributed by atoms with Gasteiger partial charge in [-0.05, 0) is 87.8 Å². The number of likely N-dealkylation sites (tertiary alicyclic amines) is 1. The molecular weight excluding hydrogens is 478 g/mol. The average molecular weight is 516 g/mol. The first-order valence-electron chi connectivity index (χ1n) is 13.1. The molecule has 2 atom stereocenters. The number of rotatable bonds is 8. The van der Waals surface area contributed by atoms with Crippen LogP contribution in [-0.2, 0) is 11.2 Å². The Morgan fingerprint density at radius 2 is 2.03 bits per heavy atom. The lowest BCUT2D eigenvalue weighted by atomic mass is 9.99. The molecule has 200 valence electrons. The highest BCUT2D eigenvalue weighted by Gasteiger charge is 2.21. The van der Waals surface area contributed by atoms with E-state index >= 15 is 0 Å². The second-order valence-corrected chi connectivity index (χ2v) is 9.64. The van der Waals surface area contributed by atoms with Crippen molar-refractivity contribution in [2.24, 2.45) is 0 Å². The van der Waals surface area contributed by atoms with E-state index in [9.17, 15) is 4.79 Å². The minimum absolute atomic E-state index is 0.0517. The molecule has 2 unspecified atom stereocenters. The summed E-state index contributed by atoms with van der Waals surface area (Å²) in [6.45, 7) is 3.32. The molecule has 0 bridgehead atoms. The van der Waals surface area contributed by atoms with Crippen LogP contribution in [-0.4, -0.2) is 58.2 Å². The van der Waals surface area contributed by atoms with E-state index in [0.29, 0.717) is 23.9 Å². The topological polar surface area (TPSA) is 92.0 Å². The number of pyridine rings is 2. The zero-order valence-electron chi connectivity index (χ0n) is 22.4. The van der Waals surface area contributed by atoms with E-state index in [2.05, 4.69) is 52.5 Å². The number of aldehydes is 1. The number of nitrogens with one attached hydrogen (secondary N) is 1. The molecule has 5 rings (SSSR count). The largest absolute Gasteiger partial charge is 0.497 e. The molecule has 38 heavy (non-hydrogen) atoms. The first-order valence-corrected chi connectivity index (χ1v) is 13.1. The molecule has 8 heteroatoms. The van der Waals surface area contributed by atoms with Gasteiger partial charge < -0.3 is 20.0 Å². The maximum absolute atomic E-state index is 11.6. The van der Waals surface area contributed by atoms with Crippen molar-refractivity contribution >= 4 is 17.5 Å². The molecule has 1 aliphatic rings. The lowest BCUT2D eigenvalue weighted by Gasteiger charge is -2.32. The number of nitrogens with zero attached hydrogens (tertiary/aromatic N) is 4. The minimum Gasteiger partial charge on any atom is -0.497 e. The van der Waals surface area contributed by atoms with Gasteiger partial charge in [0.1, 0.15) is 18.1 Å². The van der Waals surface area contributed by atoms with Crippen LogP contribution in [0.5, 0.6) is 5.75 Å². The summed E-state index contributed by atoms with van der Waals surface area (Å²) < 4.78 is 7.01. The summed E-state index contributed by atoms with van der Waals surface area (Å²) in [5.41, 5.74) is 5.61. The molecule has 1 aromatic carbocycles. The SMILES string of the molecule is COc1cc(CCO)cc(NC(C=O)c2cc3ccccn3n2)c1.Cc1cccc(C2CCCCN2C)n1. The number of aliphatic hydroxyl groups excluding tert-OH is 1. The number of piperidine rings is 1. The number of aliphatic hydroxyl groups is 1. The van der Waals surface area contributed by atoms with E-state index in [-0.39, 0.29) is 6.61 Å². The third kappa shape index (κ3) is 6.96. The highest BCUT2D eigenvalue weighted by Crippen LogP contribution is 2.28. The van der Waals surface area contributed by atoms with Crippen LogP contribution in [0.4, 0.5) is 5.69 Å². The highest BCUT2D eigenvalue weighted by atomic mass is 16.5. The normalized spacial score (nSPS) is 16.4. The van der Waals surface area contributed by atoms with E-state index in [1.165, 1.54) is 31.5 Å². The van der Waals surface area contributed by atoms with Crippen molar-refractivity contribution in [1.29, 1.82) is 0 Å². The number of ether oxygens (including phenoxy) is 1. The maximum atomic E-state index is 11.6. The predicted octanol–water partition coefficient (Wildman–Crippen LogP) is 4.78. The molecule has 8 nitrogen and oxygen atoms in total. The van der Waals surface area contributed by atoms with E-state index in [4.69, 9.17) is 9.84 Å². The van der Waals surface area contributed by atoms with Crippen molar-refractivity contribution in [3.63, 3.8) is 0 Å². The number of methoxy groups -OCH3 is 1. The Morgan fingerprint density at radius 1 is 1.16 bits per heavy atom. The Morgan fingerprint density at radius 3 is 2.74 bits per heavy atom. The van der Waals surface area contributed by atoms with Crippen LogP contribution < -0.4 is 10.1 Å². The monoisotopic (exact) mass is 515 g/mol. The average Bonchev–Trinajstić information content (AvgIpc) is 3.36. The summed E-state index contributed by atoms with van der Waals surface area (Å²) in [5.74, 6) is 0.670. The van der Waals surface area contributed by atoms with E-state index in [1.54, 1.807) is 11.6 Å². The predicted molar refractivity (Wildman–Crippen MR) is 150 cm³/mol. The second-order valence-electron chi connectivity index (χ2n) is 9.64. The summed E-state index contributed by atoms with van der Waals surface area (Å²) in [7, 11) is 3.79. The number of aromatic nitrogens is 3. The smallest absolute Gasteiger partial charge is 0.148 e. The van der Waals surface area contributed by atoms with E-state index in [1.807, 2.05) is 48.7 Å². The fraction of sp³-hybridized carbons (Fsp3) is 0.367. The number of carbonyl (C=O) groups excluding carboxylic acids is 1. The molecule has 1 aliphatic heterocycles. The first-order chi connectivity index (χ1) is 18.5. The molecule has 4 heterocycles. The molecule has 0 saturated carbocycles. The van der Waals surface area contributed by atoms with Crippen molar-refractivity contribution in [3.8, 4) is 5.75 Å². The van der Waals surface area contributed by atoms with Crippen LogP contribution in [0.15, 0.2) is 66.9 Å². The molecule has 1 fully saturated rings. The lowest BCUT2D eigenvalue weighted by Crippen LogP contribution is -2.30. The number of hydrogen-bond acceptors (Lipinski definition) is 7. The van der Waals surface area contributed by atoms with Gasteiger partial charge in [0.25, 0.3) is 0 Å². The van der Waals surface area contributed by atoms with Gasteiger partial charge in [-0.25, -0.2) is 4.52 Å². The van der Waals surface area contributed by atoms with Crippen LogP contribution in [0, 0.1) is 6.92 Å². The number of carbonyl (C=O) groups is 1. The Balaban J connectivity index is 0.000000204. The summed E-state index contributed by atoms with van der Waals surface area (Å²) >= 11 is 0. The molecule has 0 amide bonds. The van der Waals surface area contributed by atoms with Crippen LogP contribution in [0.3, 0.4) is 0 Å². The Labute approximate surface area is 224 Å². The van der Waals surface area contributed by atoms with Gasteiger partial charge >= 0.3 is 0 Å². The third-order valence-electron chi connectivity index (χ3n) is 6.79. The Kier molecular flexibility index (Phi) is 9.46. The van der Waals surface area contributed by atoms with Gasteiger partial charge in [0.15, 0.2) is 0 Å². The number of anilines is 1. The molecule has 2 N–H and O–H groups in total. The number of aryl methyl sites for hydroxylation is 1. The number of hydrogen-bond donors (Lipinski definition) is 2. The lowest BCUT2D eigenvalue weighted by molar-refractivity contribution is -0.108. The van der Waals surface area contributed by atoms with Crippen molar-refractivity contribution < 1.29 is 14.6 Å². The zero-order chi connectivity index (χ0) is 26.9. The second kappa shape index (κ2) is 13.2. The molecular formula is C30H37N5O3. The number of fused-ring (bicyclic) bond motifs is 1. The molecule has 0 spiro atoms.